The van der Waals surface area contributed by atoms with Crippen molar-refractivity contribution in [1.29, 1.82) is 0 Å². The van der Waals surface area contributed by atoms with E-state index in [2.05, 4.69) is 27.8 Å². The van der Waals surface area contributed by atoms with Crippen LogP contribution in [0, 0.1) is 0 Å². The maximum Gasteiger partial charge on any atom is 0.317 e. The average molecular weight is 402 g/mol. The van der Waals surface area contributed by atoms with Gasteiger partial charge in [-0.2, -0.15) is 0 Å². The summed E-state index contributed by atoms with van der Waals surface area (Å²) in [4.78, 5) is 43.6. The molecule has 29 heavy (non-hydrogen) atoms. The van der Waals surface area contributed by atoms with Crippen LogP contribution in [-0.4, -0.2) is 71.8 Å². The quantitative estimate of drug-likeness (QED) is 0.645. The van der Waals surface area contributed by atoms with Gasteiger partial charge in [-0.1, -0.05) is 6.07 Å². The molecule has 0 saturated carbocycles. The molecule has 0 radical (unpaired) electrons. The van der Waals surface area contributed by atoms with Crippen molar-refractivity contribution < 1.29 is 14.4 Å². The molecule has 0 bridgehead atoms. The predicted octanol–water partition coefficient (Wildman–Crippen LogP) is 1.59. The largest absolute Gasteiger partial charge is 0.370 e. The summed E-state index contributed by atoms with van der Waals surface area (Å²) in [6.07, 6.45) is 5.47. The Hall–Kier alpha value is -2.64. The van der Waals surface area contributed by atoms with Gasteiger partial charge in [0.25, 0.3) is 0 Å². The minimum absolute atomic E-state index is 0.0460. The first-order valence-corrected chi connectivity index (χ1v) is 10.5. The molecule has 8 nitrogen and oxygen atoms in total. The number of aromatic nitrogens is 1. The number of aryl methyl sites for hydroxylation is 2. The van der Waals surface area contributed by atoms with E-state index in [9.17, 15) is 14.4 Å². The molecular formula is C21H31N5O3. The van der Waals surface area contributed by atoms with Crippen LogP contribution in [0.4, 0.5) is 10.6 Å². The average Bonchev–Trinajstić information content (AvgIpc) is 3.06. The Labute approximate surface area is 172 Å². The second kappa shape index (κ2) is 9.71. The molecule has 3 amide bonds. The van der Waals surface area contributed by atoms with Crippen molar-refractivity contribution in [2.45, 2.75) is 51.5 Å². The second-order valence-corrected chi connectivity index (χ2v) is 7.91. The number of unbranched alkanes of at least 4 members (excludes halogenated alkanes) is 1. The number of ketones is 1. The number of pyridine rings is 1. The number of amides is 3. The van der Waals surface area contributed by atoms with Gasteiger partial charge in [0.05, 0.1) is 6.54 Å². The standard InChI is InChI=1S/C21H31N5O3/c1-15(27)14-26-13-10-18(20(26)28)25(2)21(29)23-11-4-3-7-17-9-8-16-6-5-12-22-19(16)24-17/h8-9,18H,3-7,10-14H2,1-2H3,(H,22,24)(H,23,29)/t18-/m1/s1. The summed E-state index contributed by atoms with van der Waals surface area (Å²) >= 11 is 0. The number of likely N-dealkylation sites (N-methyl/N-ethyl adjacent to an activating group) is 1. The molecule has 1 fully saturated rings. The fourth-order valence-electron chi connectivity index (χ4n) is 3.91. The molecular weight excluding hydrogens is 370 g/mol. The highest BCUT2D eigenvalue weighted by molar-refractivity contribution is 5.91. The molecule has 0 aliphatic carbocycles. The molecule has 0 spiro atoms. The van der Waals surface area contributed by atoms with Crippen molar-refractivity contribution in [1.82, 2.24) is 20.1 Å². The molecule has 0 unspecified atom stereocenters. The molecule has 0 aromatic carbocycles. The molecule has 2 aliphatic rings. The number of hydrogen-bond acceptors (Lipinski definition) is 5. The zero-order chi connectivity index (χ0) is 20.8. The molecule has 1 aromatic heterocycles. The van der Waals surface area contributed by atoms with Gasteiger partial charge >= 0.3 is 6.03 Å². The van der Waals surface area contributed by atoms with Crippen molar-refractivity contribution in [3.8, 4) is 0 Å². The lowest BCUT2D eigenvalue weighted by Gasteiger charge is -2.24. The third kappa shape index (κ3) is 5.46. The highest BCUT2D eigenvalue weighted by Crippen LogP contribution is 2.20. The lowest BCUT2D eigenvalue weighted by Crippen LogP contribution is -2.47. The van der Waals surface area contributed by atoms with E-state index in [1.54, 1.807) is 7.05 Å². The van der Waals surface area contributed by atoms with Crippen molar-refractivity contribution in [2.24, 2.45) is 0 Å². The number of urea groups is 1. The summed E-state index contributed by atoms with van der Waals surface area (Å²) in [6, 6.07) is 3.52. The molecule has 3 rings (SSSR count). The van der Waals surface area contributed by atoms with Crippen molar-refractivity contribution in [3.63, 3.8) is 0 Å². The van der Waals surface area contributed by atoms with Crippen molar-refractivity contribution in [3.05, 3.63) is 23.4 Å². The molecule has 2 N–H and O–H groups in total. The van der Waals surface area contributed by atoms with E-state index in [4.69, 9.17) is 0 Å². The van der Waals surface area contributed by atoms with Crippen LogP contribution in [0.2, 0.25) is 0 Å². The number of carbonyl (C=O) groups excluding carboxylic acids is 3. The van der Waals surface area contributed by atoms with Crippen LogP contribution < -0.4 is 10.6 Å². The van der Waals surface area contributed by atoms with E-state index in [0.717, 1.165) is 50.2 Å². The third-order valence-corrected chi connectivity index (χ3v) is 5.56. The first kappa shape index (κ1) is 21.1. The van der Waals surface area contributed by atoms with E-state index in [0.29, 0.717) is 19.5 Å². The fraction of sp³-hybridized carbons (Fsp3) is 0.619. The highest BCUT2D eigenvalue weighted by atomic mass is 16.2. The van der Waals surface area contributed by atoms with Gasteiger partial charge < -0.3 is 20.4 Å². The smallest absolute Gasteiger partial charge is 0.317 e. The molecule has 2 aliphatic heterocycles. The lowest BCUT2D eigenvalue weighted by molar-refractivity contribution is -0.134. The first-order chi connectivity index (χ1) is 14.0. The number of fused-ring (bicyclic) bond motifs is 1. The maximum absolute atomic E-state index is 12.4. The van der Waals surface area contributed by atoms with Gasteiger partial charge in [-0.25, -0.2) is 9.78 Å². The highest BCUT2D eigenvalue weighted by Gasteiger charge is 2.36. The zero-order valence-corrected chi connectivity index (χ0v) is 17.4. The third-order valence-electron chi connectivity index (χ3n) is 5.56. The van der Waals surface area contributed by atoms with Gasteiger partial charge in [-0.3, -0.25) is 9.59 Å². The second-order valence-electron chi connectivity index (χ2n) is 7.91. The van der Waals surface area contributed by atoms with E-state index in [1.165, 1.54) is 22.3 Å². The lowest BCUT2D eigenvalue weighted by atomic mass is 10.1. The van der Waals surface area contributed by atoms with E-state index in [-0.39, 0.29) is 24.3 Å². The van der Waals surface area contributed by atoms with Crippen molar-refractivity contribution in [2.75, 3.05) is 38.5 Å². The summed E-state index contributed by atoms with van der Waals surface area (Å²) in [5, 5.41) is 6.24. The first-order valence-electron chi connectivity index (χ1n) is 10.5. The van der Waals surface area contributed by atoms with Crippen LogP contribution in [0.1, 0.15) is 43.9 Å². The van der Waals surface area contributed by atoms with Crippen LogP contribution in [0.5, 0.6) is 0 Å². The summed E-state index contributed by atoms with van der Waals surface area (Å²) in [6.45, 7) is 3.65. The summed E-state index contributed by atoms with van der Waals surface area (Å²) in [5.41, 5.74) is 2.36. The zero-order valence-electron chi connectivity index (χ0n) is 17.4. The van der Waals surface area contributed by atoms with Crippen molar-refractivity contribution >= 4 is 23.5 Å². The number of hydrogen-bond donors (Lipinski definition) is 2. The van der Waals surface area contributed by atoms with Gasteiger partial charge in [0.15, 0.2) is 0 Å². The Morgan fingerprint density at radius 2 is 2.17 bits per heavy atom. The van der Waals surface area contributed by atoms with Gasteiger partial charge in [0.1, 0.15) is 17.6 Å². The number of nitrogens with zero attached hydrogens (tertiary/aromatic N) is 3. The Morgan fingerprint density at radius 1 is 1.34 bits per heavy atom. The van der Waals surface area contributed by atoms with Gasteiger partial charge in [-0.15, -0.1) is 0 Å². The number of nitrogens with one attached hydrogen (secondary N) is 2. The summed E-state index contributed by atoms with van der Waals surface area (Å²) in [7, 11) is 1.64. The SMILES string of the molecule is CC(=O)CN1CC[C@@H](N(C)C(=O)NCCCCc2ccc3c(n2)NCCC3)C1=O. The van der Waals surface area contributed by atoms with Gasteiger partial charge in [-0.05, 0) is 57.1 Å². The van der Waals surface area contributed by atoms with Gasteiger partial charge in [0.2, 0.25) is 5.91 Å². The Bertz CT molecular complexity index is 767. The van der Waals surface area contributed by atoms with Crippen LogP contribution in [0.3, 0.4) is 0 Å². The van der Waals surface area contributed by atoms with E-state index < -0.39 is 6.04 Å². The molecule has 8 heteroatoms. The molecule has 158 valence electrons. The Kier molecular flexibility index (Phi) is 7.06. The topological polar surface area (TPSA) is 94.6 Å². The predicted molar refractivity (Wildman–Crippen MR) is 111 cm³/mol. The fourth-order valence-corrected chi connectivity index (χ4v) is 3.91. The van der Waals surface area contributed by atoms with E-state index >= 15 is 0 Å². The number of carbonyl (C=O) groups is 3. The summed E-state index contributed by atoms with van der Waals surface area (Å²) < 4.78 is 0. The Balaban J connectivity index is 1.36. The van der Waals surface area contributed by atoms with Crippen LogP contribution in [0.15, 0.2) is 12.1 Å². The molecule has 1 aromatic rings. The normalized spacial score (nSPS) is 18.2. The van der Waals surface area contributed by atoms with Crippen LogP contribution in [-0.2, 0) is 22.4 Å². The number of Topliss-reactive ketones (excluding diaryl/α,β-unsaturated/α-hetero) is 1. The van der Waals surface area contributed by atoms with Crippen LogP contribution in [0.25, 0.3) is 0 Å². The number of anilines is 1. The van der Waals surface area contributed by atoms with Crippen LogP contribution >= 0.6 is 0 Å². The number of rotatable bonds is 8. The molecule has 1 atom stereocenters. The summed E-state index contributed by atoms with van der Waals surface area (Å²) in [5.74, 6) is 0.823. The van der Waals surface area contributed by atoms with Gasteiger partial charge in [0, 0.05) is 32.4 Å². The number of likely N-dealkylation sites (tertiary alicyclic amines) is 1. The molecule has 3 heterocycles. The van der Waals surface area contributed by atoms with E-state index in [1.807, 2.05) is 0 Å². The maximum atomic E-state index is 12.4. The monoisotopic (exact) mass is 401 g/mol. The molecule has 1 saturated heterocycles. The Morgan fingerprint density at radius 3 is 2.97 bits per heavy atom. The minimum Gasteiger partial charge on any atom is -0.370 e. The minimum atomic E-state index is -0.485.